The normalized spacial score (nSPS) is 19.4. The lowest BCUT2D eigenvalue weighted by molar-refractivity contribution is -0.130. The van der Waals surface area contributed by atoms with Crippen LogP contribution in [0.15, 0.2) is 30.3 Å². The van der Waals surface area contributed by atoms with Gasteiger partial charge in [0.25, 0.3) is 5.91 Å². The van der Waals surface area contributed by atoms with Crippen molar-refractivity contribution in [1.82, 2.24) is 15.2 Å². The van der Waals surface area contributed by atoms with Crippen LogP contribution in [0.3, 0.4) is 0 Å². The molecule has 2 amide bonds. The van der Waals surface area contributed by atoms with Crippen LogP contribution >= 0.6 is 0 Å². The Morgan fingerprint density at radius 2 is 1.93 bits per heavy atom. The minimum atomic E-state index is -0.331. The summed E-state index contributed by atoms with van der Waals surface area (Å²) in [6.07, 6.45) is 3.35. The molecule has 1 aliphatic rings. The van der Waals surface area contributed by atoms with Crippen LogP contribution in [-0.2, 0) is 21.4 Å². The molecular formula is C21H27N3O4. The number of hydrogen-bond donors (Lipinski definition) is 2. The molecule has 1 aliphatic carbocycles. The molecule has 1 saturated carbocycles. The average Bonchev–Trinajstić information content (AvgIpc) is 3.04. The number of para-hydroxylation sites is 1. The molecule has 1 heterocycles. The van der Waals surface area contributed by atoms with Crippen LogP contribution in [-0.4, -0.2) is 48.5 Å². The van der Waals surface area contributed by atoms with E-state index in [4.69, 9.17) is 4.74 Å². The summed E-state index contributed by atoms with van der Waals surface area (Å²) < 4.78 is 6.65. The Morgan fingerprint density at radius 1 is 1.18 bits per heavy atom. The number of amides is 2. The number of aryl methyl sites for hydroxylation is 1. The van der Waals surface area contributed by atoms with Crippen LogP contribution < -0.4 is 10.6 Å². The molecule has 0 bridgehead atoms. The monoisotopic (exact) mass is 385 g/mol. The number of carbonyl (C=O) groups excluding carboxylic acids is 3. The standard InChI is InChI=1S/C21H27N3O4/c1-24-18-10-6-3-7-14(18)11-19(24)21(27)23-17-9-5-4-8-16(17)20(26)22-12-15(25)13-28-2/h3,6-7,10-11,16-17H,4-5,8-9,12-13H2,1-2H3,(H,22,26)(H,23,27)/t16-,17+/m1/s1. The number of nitrogens with zero attached hydrogens (tertiary/aromatic N) is 1. The molecule has 7 heteroatoms. The predicted octanol–water partition coefficient (Wildman–Crippen LogP) is 1.80. The second-order valence-corrected chi connectivity index (χ2v) is 7.31. The first-order valence-electron chi connectivity index (χ1n) is 9.65. The highest BCUT2D eigenvalue weighted by Crippen LogP contribution is 2.26. The Kier molecular flexibility index (Phi) is 6.46. The first kappa shape index (κ1) is 20.1. The Hall–Kier alpha value is -2.67. The maximum atomic E-state index is 12.9. The summed E-state index contributed by atoms with van der Waals surface area (Å²) in [6.45, 7) is -0.0702. The largest absolute Gasteiger partial charge is 0.377 e. The highest BCUT2D eigenvalue weighted by atomic mass is 16.5. The lowest BCUT2D eigenvalue weighted by Gasteiger charge is -2.31. The van der Waals surface area contributed by atoms with E-state index in [2.05, 4.69) is 10.6 Å². The van der Waals surface area contributed by atoms with Gasteiger partial charge in [-0.05, 0) is 25.0 Å². The molecule has 150 valence electrons. The van der Waals surface area contributed by atoms with E-state index in [0.29, 0.717) is 12.1 Å². The van der Waals surface area contributed by atoms with Gasteiger partial charge in [-0.25, -0.2) is 0 Å². The highest BCUT2D eigenvalue weighted by molar-refractivity contribution is 5.99. The van der Waals surface area contributed by atoms with E-state index in [-0.39, 0.29) is 42.7 Å². The fourth-order valence-corrected chi connectivity index (χ4v) is 3.90. The number of fused-ring (bicyclic) bond motifs is 1. The molecule has 7 nitrogen and oxygen atoms in total. The van der Waals surface area contributed by atoms with Crippen molar-refractivity contribution in [3.63, 3.8) is 0 Å². The molecule has 28 heavy (non-hydrogen) atoms. The average molecular weight is 385 g/mol. The van der Waals surface area contributed by atoms with Gasteiger partial charge >= 0.3 is 0 Å². The van der Waals surface area contributed by atoms with Gasteiger partial charge in [0.1, 0.15) is 12.3 Å². The molecule has 1 fully saturated rings. The van der Waals surface area contributed by atoms with Gasteiger partial charge < -0.3 is 19.9 Å². The lowest BCUT2D eigenvalue weighted by Crippen LogP contribution is -2.49. The van der Waals surface area contributed by atoms with Crippen LogP contribution in [0.1, 0.15) is 36.2 Å². The fraction of sp³-hybridized carbons (Fsp3) is 0.476. The van der Waals surface area contributed by atoms with E-state index < -0.39 is 0 Å². The van der Waals surface area contributed by atoms with Crippen molar-refractivity contribution >= 4 is 28.5 Å². The number of rotatable bonds is 7. The van der Waals surface area contributed by atoms with Gasteiger partial charge in [0.05, 0.1) is 12.5 Å². The topological polar surface area (TPSA) is 89.4 Å². The number of carbonyl (C=O) groups is 3. The van der Waals surface area contributed by atoms with Gasteiger partial charge in [0.15, 0.2) is 5.78 Å². The van der Waals surface area contributed by atoms with Crippen molar-refractivity contribution in [3.05, 3.63) is 36.0 Å². The van der Waals surface area contributed by atoms with Crippen LogP contribution in [0, 0.1) is 5.92 Å². The summed E-state index contributed by atoms with van der Waals surface area (Å²) >= 11 is 0. The molecule has 0 saturated heterocycles. The molecule has 2 aromatic rings. The van der Waals surface area contributed by atoms with Crippen LogP contribution in [0.5, 0.6) is 0 Å². The number of hydrogen-bond acceptors (Lipinski definition) is 4. The maximum absolute atomic E-state index is 12.9. The molecule has 1 aromatic heterocycles. The van der Waals surface area contributed by atoms with Gasteiger partial charge in [0.2, 0.25) is 5.91 Å². The van der Waals surface area contributed by atoms with Crippen molar-refractivity contribution in [1.29, 1.82) is 0 Å². The van der Waals surface area contributed by atoms with Crippen molar-refractivity contribution in [2.24, 2.45) is 13.0 Å². The van der Waals surface area contributed by atoms with Crippen molar-refractivity contribution in [3.8, 4) is 0 Å². The maximum Gasteiger partial charge on any atom is 0.268 e. The van der Waals surface area contributed by atoms with Gasteiger partial charge in [-0.2, -0.15) is 0 Å². The summed E-state index contributed by atoms with van der Waals surface area (Å²) in [5, 5.41) is 6.74. The Bertz CT molecular complexity index is 874. The van der Waals surface area contributed by atoms with Crippen LogP contribution in [0.4, 0.5) is 0 Å². The summed E-state index contributed by atoms with van der Waals surface area (Å²) in [5.74, 6) is -0.879. The van der Waals surface area contributed by atoms with Gasteiger partial charge in [-0.3, -0.25) is 14.4 Å². The Balaban J connectivity index is 1.68. The van der Waals surface area contributed by atoms with Gasteiger partial charge in [0, 0.05) is 31.1 Å². The zero-order valence-corrected chi connectivity index (χ0v) is 16.4. The molecule has 3 rings (SSSR count). The first-order valence-corrected chi connectivity index (χ1v) is 9.65. The summed E-state index contributed by atoms with van der Waals surface area (Å²) in [7, 11) is 3.31. The van der Waals surface area contributed by atoms with E-state index in [0.717, 1.165) is 30.2 Å². The molecule has 0 unspecified atom stereocenters. The number of nitrogens with one attached hydrogen (secondary N) is 2. The Labute approximate surface area is 164 Å². The first-order chi connectivity index (χ1) is 13.5. The third-order valence-electron chi connectivity index (χ3n) is 5.37. The molecule has 0 aliphatic heterocycles. The molecular weight excluding hydrogens is 358 g/mol. The molecule has 0 radical (unpaired) electrons. The number of methoxy groups -OCH3 is 1. The van der Waals surface area contributed by atoms with E-state index >= 15 is 0 Å². The van der Waals surface area contributed by atoms with Crippen LogP contribution in [0.2, 0.25) is 0 Å². The summed E-state index contributed by atoms with van der Waals surface area (Å²) in [6, 6.07) is 9.45. The minimum Gasteiger partial charge on any atom is -0.377 e. The SMILES string of the molecule is COCC(=O)CNC(=O)[C@@H]1CCCC[C@@H]1NC(=O)c1cc2ccccc2n1C. The lowest BCUT2D eigenvalue weighted by atomic mass is 9.83. The second kappa shape index (κ2) is 9.01. The number of ketones is 1. The van der Waals surface area contributed by atoms with E-state index in [1.54, 1.807) is 0 Å². The predicted molar refractivity (Wildman–Crippen MR) is 106 cm³/mol. The zero-order chi connectivity index (χ0) is 20.1. The summed E-state index contributed by atoms with van der Waals surface area (Å²) in [4.78, 5) is 37.1. The van der Waals surface area contributed by atoms with E-state index in [1.165, 1.54) is 7.11 Å². The van der Waals surface area contributed by atoms with Crippen molar-refractivity contribution < 1.29 is 19.1 Å². The number of ether oxygens (including phenoxy) is 1. The number of aromatic nitrogens is 1. The molecule has 1 aromatic carbocycles. The fourth-order valence-electron chi connectivity index (χ4n) is 3.90. The minimum absolute atomic E-state index is 0.0217. The smallest absolute Gasteiger partial charge is 0.268 e. The molecule has 2 atom stereocenters. The third kappa shape index (κ3) is 4.42. The zero-order valence-electron chi connectivity index (χ0n) is 16.4. The van der Waals surface area contributed by atoms with E-state index in [1.807, 2.05) is 41.9 Å². The van der Waals surface area contributed by atoms with Gasteiger partial charge in [-0.1, -0.05) is 31.0 Å². The summed E-state index contributed by atoms with van der Waals surface area (Å²) in [5.41, 5.74) is 1.56. The number of Topliss-reactive ketones (excluding diaryl/α,β-unsaturated/α-hetero) is 1. The van der Waals surface area contributed by atoms with Crippen molar-refractivity contribution in [2.45, 2.75) is 31.7 Å². The number of benzene rings is 1. The molecule has 0 spiro atoms. The van der Waals surface area contributed by atoms with Crippen LogP contribution in [0.25, 0.3) is 10.9 Å². The quantitative estimate of drug-likeness (QED) is 0.761. The van der Waals surface area contributed by atoms with Crippen molar-refractivity contribution in [2.75, 3.05) is 20.3 Å². The molecule has 2 N–H and O–H groups in total. The highest BCUT2D eigenvalue weighted by Gasteiger charge is 2.32. The second-order valence-electron chi connectivity index (χ2n) is 7.31. The third-order valence-corrected chi connectivity index (χ3v) is 5.37. The van der Waals surface area contributed by atoms with Gasteiger partial charge in [-0.15, -0.1) is 0 Å². The Morgan fingerprint density at radius 3 is 2.68 bits per heavy atom. The van der Waals surface area contributed by atoms with E-state index in [9.17, 15) is 14.4 Å².